The fourth-order valence-electron chi connectivity index (χ4n) is 14.0. The molecule has 10 aromatic carbocycles. The van der Waals surface area contributed by atoms with Gasteiger partial charge in [-0.15, -0.1) is 53.6 Å². The van der Waals surface area contributed by atoms with Crippen LogP contribution in [0.1, 0.15) is 154 Å². The van der Waals surface area contributed by atoms with Crippen molar-refractivity contribution in [3.05, 3.63) is 293 Å². The first-order chi connectivity index (χ1) is 43.7. The number of aromatic nitrogens is 2. The molecule has 93 heavy (non-hydrogen) atoms. The van der Waals surface area contributed by atoms with Crippen molar-refractivity contribution in [2.45, 2.75) is 136 Å². The van der Waals surface area contributed by atoms with Gasteiger partial charge in [0.25, 0.3) is 0 Å². The minimum atomic E-state index is -0.831. The van der Waals surface area contributed by atoms with Crippen LogP contribution in [0, 0.1) is 18.8 Å². The Hall–Kier alpha value is -8.76. The van der Waals surface area contributed by atoms with Gasteiger partial charge in [0, 0.05) is 77.9 Å². The van der Waals surface area contributed by atoms with E-state index in [1.165, 1.54) is 55.6 Å². The molecule has 14 rings (SSSR count). The summed E-state index contributed by atoms with van der Waals surface area (Å²) in [5, 5.41) is 2.19. The maximum atomic E-state index is 7.50. The maximum absolute atomic E-state index is 7.50. The number of hydrogen-bond donors (Lipinski definition) is 0. The normalized spacial score (nSPS) is 13.9. The summed E-state index contributed by atoms with van der Waals surface area (Å²) in [5.74, 6) is 1.97. The molecule has 0 spiro atoms. The zero-order valence-electron chi connectivity index (χ0n) is 56.5. The summed E-state index contributed by atoms with van der Waals surface area (Å²) in [6, 6.07) is 89.2. The van der Waals surface area contributed by atoms with Crippen LogP contribution in [-0.2, 0) is 53.6 Å². The molecule has 1 aliphatic carbocycles. The zero-order valence-corrected chi connectivity index (χ0v) is 58.7. The molecule has 0 radical (unpaired) electrons. The summed E-state index contributed by atoms with van der Waals surface area (Å²) < 4.78 is 9.74. The second-order valence-electron chi connectivity index (χ2n) is 30.7. The van der Waals surface area contributed by atoms with E-state index in [0.29, 0.717) is 11.5 Å². The summed E-state index contributed by atoms with van der Waals surface area (Å²) in [4.78, 5) is 9.79. The number of rotatable bonds is 9. The van der Waals surface area contributed by atoms with E-state index in [0.717, 1.165) is 78.2 Å². The Morgan fingerprint density at radius 3 is 1.45 bits per heavy atom. The van der Waals surface area contributed by atoms with E-state index in [9.17, 15) is 0 Å². The predicted molar refractivity (Wildman–Crippen MR) is 386 cm³/mol. The first-order valence-electron chi connectivity index (χ1n) is 32.7. The van der Waals surface area contributed by atoms with Gasteiger partial charge >= 0.3 is 0 Å². The molecular weight excluding hydrogens is 1310 g/mol. The largest absolute Gasteiger partial charge is 0.509 e. The minimum absolute atomic E-state index is 0. The molecule has 470 valence electrons. The number of ether oxygens (including phenoxy) is 1. The molecule has 3 heterocycles. The maximum Gasteiger partial charge on any atom is 0.135 e. The molecule has 0 unspecified atom stereocenters. The standard InChI is InChI=1S/C87H83N4O.Pt/c1-82(2,3)58-34-36-59(37-35-58)87(74-42-38-60(83(4,5)6)48-72(74)73-49-61(84(7,8)9)39-43-75(73)87)64-46-65(53-67(47-64)92-66-40-41-69-68-30-22-23-31-76(68)91(79(69)54-66)80-52-62(44-45-88-80)85(10,11)12)89-55-90(78-33-25-24-32-77(78)89)81-70(56-26-18-16-19-27-56)50-63(86(13,14)15)51-71(81)57-28-20-17-21-29-57;/h16-52,55H,1-15H3;/q-3;. The average Bonchev–Trinajstić information content (AvgIpc) is 1.56. The summed E-state index contributed by atoms with van der Waals surface area (Å²) in [6.07, 6.45) is 1.93. The first-order valence-corrected chi connectivity index (χ1v) is 32.7. The number of anilines is 4. The summed E-state index contributed by atoms with van der Waals surface area (Å²) in [5.41, 5.74) is 22.7. The van der Waals surface area contributed by atoms with E-state index >= 15 is 0 Å². The molecule has 1 aliphatic heterocycles. The Labute approximate surface area is 566 Å². The predicted octanol–water partition coefficient (Wildman–Crippen LogP) is 23.2. The molecular formula is C87H83N4OPt-3. The summed E-state index contributed by atoms with van der Waals surface area (Å²) >= 11 is 0. The van der Waals surface area contributed by atoms with E-state index in [1.807, 2.05) is 6.20 Å². The van der Waals surface area contributed by atoms with Gasteiger partial charge in [-0.2, -0.15) is 6.07 Å². The molecule has 0 bridgehead atoms. The molecule has 0 amide bonds. The summed E-state index contributed by atoms with van der Waals surface area (Å²) in [7, 11) is 0. The van der Waals surface area contributed by atoms with Crippen molar-refractivity contribution in [1.29, 1.82) is 0 Å². The molecule has 0 atom stereocenters. The molecule has 5 nitrogen and oxygen atoms in total. The van der Waals surface area contributed by atoms with Crippen LogP contribution in [-0.4, -0.2) is 9.55 Å². The third kappa shape index (κ3) is 11.1. The Morgan fingerprint density at radius 2 is 0.892 bits per heavy atom. The van der Waals surface area contributed by atoms with Crippen molar-refractivity contribution >= 4 is 44.6 Å². The van der Waals surface area contributed by atoms with E-state index in [4.69, 9.17) is 9.72 Å². The van der Waals surface area contributed by atoms with Gasteiger partial charge in [0.15, 0.2) is 0 Å². The van der Waals surface area contributed by atoms with Crippen LogP contribution in [0.2, 0.25) is 0 Å². The Balaban J connectivity index is 0.00000787. The van der Waals surface area contributed by atoms with Crippen LogP contribution >= 0.6 is 0 Å². The molecule has 2 aliphatic rings. The number of fused-ring (bicyclic) bond motifs is 7. The second-order valence-corrected chi connectivity index (χ2v) is 30.7. The number of nitrogens with zero attached hydrogens (tertiary/aromatic N) is 4. The first kappa shape index (κ1) is 63.0. The third-order valence-electron chi connectivity index (χ3n) is 19.2. The van der Waals surface area contributed by atoms with Crippen molar-refractivity contribution in [3.63, 3.8) is 0 Å². The van der Waals surface area contributed by atoms with Crippen LogP contribution in [0.4, 0.5) is 22.7 Å². The molecule has 2 aromatic heterocycles. The van der Waals surface area contributed by atoms with Crippen molar-refractivity contribution in [2.24, 2.45) is 0 Å². The van der Waals surface area contributed by atoms with Crippen LogP contribution in [0.25, 0.3) is 61.0 Å². The number of pyridine rings is 1. The van der Waals surface area contributed by atoms with E-state index < -0.39 is 5.41 Å². The van der Waals surface area contributed by atoms with Gasteiger partial charge in [-0.05, 0) is 142 Å². The molecule has 0 fully saturated rings. The van der Waals surface area contributed by atoms with Gasteiger partial charge < -0.3 is 19.1 Å². The van der Waals surface area contributed by atoms with Crippen molar-refractivity contribution in [2.75, 3.05) is 9.80 Å². The smallest absolute Gasteiger partial charge is 0.135 e. The average molecular weight is 1400 g/mol. The second kappa shape index (κ2) is 23.1. The van der Waals surface area contributed by atoms with Crippen molar-refractivity contribution in [1.82, 2.24) is 9.55 Å². The van der Waals surface area contributed by atoms with Crippen LogP contribution in [0.3, 0.4) is 0 Å². The Morgan fingerprint density at radius 1 is 0.398 bits per heavy atom. The van der Waals surface area contributed by atoms with E-state index in [2.05, 4.69) is 355 Å². The van der Waals surface area contributed by atoms with Crippen LogP contribution in [0.15, 0.2) is 225 Å². The molecule has 0 saturated heterocycles. The van der Waals surface area contributed by atoms with E-state index in [-0.39, 0.29) is 48.1 Å². The number of para-hydroxylation sites is 3. The topological polar surface area (TPSA) is 33.5 Å². The SMILES string of the molecule is CC(C)(C)c1ccc(C2(c3cc(Oc4[c-]c5c(cc4)c4ccccc4n5-c4cc(C(C)(C)C)ccn4)[c-]c(N4[CH-]N(c5c(-c6ccccc6)cc(C(C)(C)C)cc5-c5ccccc5)c5ccccc54)c3)c3ccc(C(C)(C)C)cc3-c3cc(C(C)(C)C)ccc32)cc1.[Pt]. The fraction of sp³-hybridized carbons (Fsp3) is 0.241. The third-order valence-corrected chi connectivity index (χ3v) is 19.2. The van der Waals surface area contributed by atoms with Crippen molar-refractivity contribution < 1.29 is 25.8 Å². The van der Waals surface area contributed by atoms with Gasteiger partial charge in [-0.1, -0.05) is 261 Å². The zero-order chi connectivity index (χ0) is 64.4. The van der Waals surface area contributed by atoms with Crippen LogP contribution in [0.5, 0.6) is 11.5 Å². The Bertz CT molecular complexity index is 4700. The van der Waals surface area contributed by atoms with Crippen molar-refractivity contribution in [3.8, 4) is 50.7 Å². The molecule has 12 aromatic rings. The quantitative estimate of drug-likeness (QED) is 0.135. The van der Waals surface area contributed by atoms with E-state index in [1.54, 1.807) is 0 Å². The summed E-state index contributed by atoms with van der Waals surface area (Å²) in [6.45, 7) is 36.8. The van der Waals surface area contributed by atoms with Gasteiger partial charge in [-0.3, -0.25) is 0 Å². The van der Waals surface area contributed by atoms with Gasteiger partial charge in [0.05, 0.1) is 0 Å². The monoisotopic (exact) mass is 1390 g/mol. The number of hydrogen-bond acceptors (Lipinski definition) is 4. The molecule has 0 saturated carbocycles. The Kier molecular flexibility index (Phi) is 15.6. The van der Waals surface area contributed by atoms with Gasteiger partial charge in [0.1, 0.15) is 5.82 Å². The minimum Gasteiger partial charge on any atom is -0.509 e. The molecule has 6 heteroatoms. The van der Waals surface area contributed by atoms with Gasteiger partial charge in [-0.25, -0.2) is 4.98 Å². The van der Waals surface area contributed by atoms with Crippen LogP contribution < -0.4 is 14.5 Å². The fourth-order valence-corrected chi connectivity index (χ4v) is 14.0. The number of benzene rings is 10. The van der Waals surface area contributed by atoms with Gasteiger partial charge in [0.2, 0.25) is 0 Å². The molecule has 0 N–H and O–H groups in total.